The van der Waals surface area contributed by atoms with Crippen LogP contribution in [-0.2, 0) is 0 Å². The Bertz CT molecular complexity index is 333. The topological polar surface area (TPSA) is 15.3 Å². The molecule has 96 valence electrons. The van der Waals surface area contributed by atoms with Gasteiger partial charge in [0, 0.05) is 24.8 Å². The fourth-order valence-electron chi connectivity index (χ4n) is 2.10. The second kappa shape index (κ2) is 6.65. The maximum absolute atomic E-state index is 3.56. The zero-order chi connectivity index (χ0) is 12.8. The molecule has 0 amide bonds. The van der Waals surface area contributed by atoms with E-state index in [9.17, 15) is 0 Å². The molecule has 1 aromatic carbocycles. The first-order valence-corrected chi connectivity index (χ1v) is 6.66. The number of hydrogen-bond donors (Lipinski definition) is 1. The average Bonchev–Trinajstić information content (AvgIpc) is 2.35. The fraction of sp³-hybridized carbons (Fsp3) is 0.600. The summed E-state index contributed by atoms with van der Waals surface area (Å²) in [6.07, 6.45) is 1.12. The number of benzene rings is 1. The maximum atomic E-state index is 3.56. The van der Waals surface area contributed by atoms with Crippen molar-refractivity contribution in [3.8, 4) is 0 Å². The van der Waals surface area contributed by atoms with Crippen LogP contribution in [0.15, 0.2) is 24.3 Å². The summed E-state index contributed by atoms with van der Waals surface area (Å²) in [6.45, 7) is 9.87. The van der Waals surface area contributed by atoms with Gasteiger partial charge >= 0.3 is 0 Å². The molecule has 1 aromatic rings. The van der Waals surface area contributed by atoms with Crippen molar-refractivity contribution in [3.63, 3.8) is 0 Å². The Hall–Kier alpha value is -1.02. The molecule has 0 saturated heterocycles. The SMILES string of the molecule is CCNC(CC)c1ccccc1N(C)C(C)C. The van der Waals surface area contributed by atoms with Crippen LogP contribution in [0, 0.1) is 0 Å². The Morgan fingerprint density at radius 3 is 2.35 bits per heavy atom. The number of rotatable bonds is 6. The van der Waals surface area contributed by atoms with E-state index in [2.05, 4.69) is 69.2 Å². The zero-order valence-corrected chi connectivity index (χ0v) is 11.8. The predicted octanol–water partition coefficient (Wildman–Crippen LogP) is 3.59. The monoisotopic (exact) mass is 234 g/mol. The molecule has 0 aliphatic carbocycles. The smallest absolute Gasteiger partial charge is 0.0414 e. The van der Waals surface area contributed by atoms with Gasteiger partial charge < -0.3 is 10.2 Å². The zero-order valence-electron chi connectivity index (χ0n) is 11.8. The van der Waals surface area contributed by atoms with Crippen LogP contribution in [0.2, 0.25) is 0 Å². The number of para-hydroxylation sites is 1. The summed E-state index contributed by atoms with van der Waals surface area (Å²) in [7, 11) is 2.17. The van der Waals surface area contributed by atoms with E-state index in [-0.39, 0.29) is 0 Å². The second-order valence-electron chi connectivity index (χ2n) is 4.78. The molecule has 0 saturated carbocycles. The van der Waals surface area contributed by atoms with Crippen molar-refractivity contribution in [1.29, 1.82) is 0 Å². The highest BCUT2D eigenvalue weighted by Gasteiger charge is 2.15. The van der Waals surface area contributed by atoms with Gasteiger partial charge in [-0.15, -0.1) is 0 Å². The molecular weight excluding hydrogens is 208 g/mol. The third kappa shape index (κ3) is 3.47. The lowest BCUT2D eigenvalue weighted by Crippen LogP contribution is -2.29. The molecule has 2 heteroatoms. The molecule has 0 spiro atoms. The maximum Gasteiger partial charge on any atom is 0.0414 e. The molecule has 1 unspecified atom stereocenters. The number of anilines is 1. The van der Waals surface area contributed by atoms with Crippen LogP contribution in [0.3, 0.4) is 0 Å². The van der Waals surface area contributed by atoms with E-state index >= 15 is 0 Å². The van der Waals surface area contributed by atoms with Gasteiger partial charge in [-0.05, 0) is 38.4 Å². The summed E-state index contributed by atoms with van der Waals surface area (Å²) in [5.41, 5.74) is 2.75. The summed E-state index contributed by atoms with van der Waals surface area (Å²) in [6, 6.07) is 9.69. The molecule has 1 rings (SSSR count). The average molecular weight is 234 g/mol. The van der Waals surface area contributed by atoms with Gasteiger partial charge in [-0.2, -0.15) is 0 Å². The van der Waals surface area contributed by atoms with Crippen LogP contribution >= 0.6 is 0 Å². The summed E-state index contributed by atoms with van der Waals surface area (Å²) in [4.78, 5) is 2.34. The highest BCUT2D eigenvalue weighted by molar-refractivity contribution is 5.55. The summed E-state index contributed by atoms with van der Waals surface area (Å²) in [5.74, 6) is 0. The van der Waals surface area contributed by atoms with Crippen LogP contribution in [0.4, 0.5) is 5.69 Å². The third-order valence-corrected chi connectivity index (χ3v) is 3.33. The van der Waals surface area contributed by atoms with E-state index in [1.165, 1.54) is 11.3 Å². The van der Waals surface area contributed by atoms with Crippen molar-refractivity contribution in [3.05, 3.63) is 29.8 Å². The molecule has 0 aliphatic heterocycles. The molecule has 1 atom stereocenters. The Labute approximate surface area is 106 Å². The van der Waals surface area contributed by atoms with E-state index in [1.807, 2.05) is 0 Å². The largest absolute Gasteiger partial charge is 0.372 e. The summed E-state index contributed by atoms with van der Waals surface area (Å²) >= 11 is 0. The minimum Gasteiger partial charge on any atom is -0.372 e. The van der Waals surface area contributed by atoms with Crippen molar-refractivity contribution in [2.24, 2.45) is 0 Å². The van der Waals surface area contributed by atoms with Gasteiger partial charge in [0.2, 0.25) is 0 Å². The Morgan fingerprint density at radius 1 is 1.18 bits per heavy atom. The Morgan fingerprint density at radius 2 is 1.82 bits per heavy atom. The molecule has 0 heterocycles. The highest BCUT2D eigenvalue weighted by Crippen LogP contribution is 2.28. The quantitative estimate of drug-likeness (QED) is 0.809. The van der Waals surface area contributed by atoms with Crippen LogP contribution < -0.4 is 10.2 Å². The lowest BCUT2D eigenvalue weighted by Gasteiger charge is -2.29. The van der Waals surface area contributed by atoms with Crippen LogP contribution in [-0.4, -0.2) is 19.6 Å². The first-order chi connectivity index (χ1) is 8.11. The van der Waals surface area contributed by atoms with Crippen molar-refractivity contribution in [2.75, 3.05) is 18.5 Å². The molecule has 0 fully saturated rings. The third-order valence-electron chi connectivity index (χ3n) is 3.33. The van der Waals surface area contributed by atoms with Gasteiger partial charge in [-0.1, -0.05) is 32.0 Å². The van der Waals surface area contributed by atoms with E-state index in [0.29, 0.717) is 12.1 Å². The molecule has 0 aromatic heterocycles. The first kappa shape index (κ1) is 14.0. The lowest BCUT2D eigenvalue weighted by atomic mass is 10.0. The fourth-order valence-corrected chi connectivity index (χ4v) is 2.10. The Balaban J connectivity index is 3.05. The Kier molecular flexibility index (Phi) is 5.49. The molecule has 0 aliphatic rings. The van der Waals surface area contributed by atoms with E-state index < -0.39 is 0 Å². The molecule has 0 bridgehead atoms. The van der Waals surface area contributed by atoms with Crippen molar-refractivity contribution < 1.29 is 0 Å². The van der Waals surface area contributed by atoms with Gasteiger partial charge in [-0.3, -0.25) is 0 Å². The predicted molar refractivity (Wildman–Crippen MR) is 76.7 cm³/mol. The lowest BCUT2D eigenvalue weighted by molar-refractivity contribution is 0.535. The summed E-state index contributed by atoms with van der Waals surface area (Å²) in [5, 5.41) is 3.56. The molecule has 17 heavy (non-hydrogen) atoms. The van der Waals surface area contributed by atoms with E-state index in [4.69, 9.17) is 0 Å². The van der Waals surface area contributed by atoms with Crippen molar-refractivity contribution >= 4 is 5.69 Å². The van der Waals surface area contributed by atoms with Gasteiger partial charge in [0.1, 0.15) is 0 Å². The van der Waals surface area contributed by atoms with Gasteiger partial charge in [0.15, 0.2) is 0 Å². The normalized spacial score (nSPS) is 12.8. The molecule has 1 N–H and O–H groups in total. The van der Waals surface area contributed by atoms with Gasteiger partial charge in [-0.25, -0.2) is 0 Å². The first-order valence-electron chi connectivity index (χ1n) is 6.66. The van der Waals surface area contributed by atoms with Crippen LogP contribution in [0.5, 0.6) is 0 Å². The van der Waals surface area contributed by atoms with E-state index in [0.717, 1.165) is 13.0 Å². The van der Waals surface area contributed by atoms with Crippen molar-refractivity contribution in [1.82, 2.24) is 5.32 Å². The van der Waals surface area contributed by atoms with Crippen molar-refractivity contribution in [2.45, 2.75) is 46.2 Å². The van der Waals surface area contributed by atoms with Crippen LogP contribution in [0.1, 0.15) is 45.7 Å². The van der Waals surface area contributed by atoms with Gasteiger partial charge in [0.25, 0.3) is 0 Å². The minimum atomic E-state index is 0.456. The minimum absolute atomic E-state index is 0.456. The number of nitrogens with zero attached hydrogens (tertiary/aromatic N) is 1. The molecule has 2 nitrogen and oxygen atoms in total. The van der Waals surface area contributed by atoms with Crippen LogP contribution in [0.25, 0.3) is 0 Å². The number of nitrogens with one attached hydrogen (secondary N) is 1. The highest BCUT2D eigenvalue weighted by atomic mass is 15.1. The second-order valence-corrected chi connectivity index (χ2v) is 4.78. The standard InChI is InChI=1S/C15H26N2/c1-6-14(16-7-2)13-10-8-9-11-15(13)17(5)12(3)4/h8-12,14,16H,6-7H2,1-5H3. The molecular formula is C15H26N2. The molecule has 0 radical (unpaired) electrons. The summed E-state index contributed by atoms with van der Waals surface area (Å²) < 4.78 is 0. The van der Waals surface area contributed by atoms with Gasteiger partial charge in [0.05, 0.1) is 0 Å². The van der Waals surface area contributed by atoms with E-state index in [1.54, 1.807) is 0 Å². The number of hydrogen-bond acceptors (Lipinski definition) is 2.